The number of fused-ring (bicyclic) bond motifs is 2. The molecule has 0 bridgehead atoms. The molecule has 136 valence electrons. The lowest BCUT2D eigenvalue weighted by Gasteiger charge is -2.15. The van der Waals surface area contributed by atoms with Crippen LogP contribution in [0.15, 0.2) is 70.5 Å². The van der Waals surface area contributed by atoms with Gasteiger partial charge < -0.3 is 10.3 Å². The fourth-order valence-electron chi connectivity index (χ4n) is 3.28. The lowest BCUT2D eigenvalue weighted by Crippen LogP contribution is -2.38. The minimum Gasteiger partial charge on any atom is -0.308 e. The van der Waals surface area contributed by atoms with Gasteiger partial charge in [0.2, 0.25) is 0 Å². The predicted molar refractivity (Wildman–Crippen MR) is 107 cm³/mol. The molecule has 0 radical (unpaired) electrons. The van der Waals surface area contributed by atoms with E-state index < -0.39 is 0 Å². The van der Waals surface area contributed by atoms with Crippen molar-refractivity contribution in [1.29, 1.82) is 0 Å². The SMILES string of the molecule is CC(NCCn1c(=O)[nH]c2ccccc2c1=O)c1ccc2cnccc2c1. The quantitative estimate of drug-likeness (QED) is 0.573. The van der Waals surface area contributed by atoms with Crippen LogP contribution in [0.5, 0.6) is 0 Å². The van der Waals surface area contributed by atoms with E-state index in [1.54, 1.807) is 30.5 Å². The van der Waals surface area contributed by atoms with Gasteiger partial charge in [0.15, 0.2) is 0 Å². The molecule has 27 heavy (non-hydrogen) atoms. The molecule has 4 rings (SSSR count). The summed E-state index contributed by atoms with van der Waals surface area (Å²) >= 11 is 0. The lowest BCUT2D eigenvalue weighted by atomic mass is 10.0. The second-order valence-electron chi connectivity index (χ2n) is 6.59. The zero-order valence-electron chi connectivity index (χ0n) is 15.0. The van der Waals surface area contributed by atoms with Crippen molar-refractivity contribution in [2.24, 2.45) is 0 Å². The summed E-state index contributed by atoms with van der Waals surface area (Å²) in [5, 5.41) is 6.15. The van der Waals surface area contributed by atoms with Crippen LogP contribution in [-0.2, 0) is 6.54 Å². The molecule has 0 aliphatic rings. The minimum atomic E-state index is -0.383. The Bertz CT molecular complexity index is 1230. The van der Waals surface area contributed by atoms with Gasteiger partial charge in [-0.05, 0) is 42.1 Å². The molecular formula is C21H20N4O2. The highest BCUT2D eigenvalue weighted by molar-refractivity contribution is 5.82. The smallest absolute Gasteiger partial charge is 0.308 e. The molecular weight excluding hydrogens is 340 g/mol. The summed E-state index contributed by atoms with van der Waals surface area (Å²) in [6.07, 6.45) is 3.62. The fourth-order valence-corrected chi connectivity index (χ4v) is 3.28. The van der Waals surface area contributed by atoms with Crippen molar-refractivity contribution in [2.45, 2.75) is 19.5 Å². The zero-order chi connectivity index (χ0) is 18.8. The van der Waals surface area contributed by atoms with Crippen molar-refractivity contribution in [1.82, 2.24) is 19.9 Å². The number of aromatic nitrogens is 3. The number of hydrogen-bond donors (Lipinski definition) is 2. The second-order valence-corrected chi connectivity index (χ2v) is 6.59. The Morgan fingerprint density at radius 1 is 1.11 bits per heavy atom. The molecule has 2 aromatic carbocycles. The van der Waals surface area contributed by atoms with Gasteiger partial charge in [-0.15, -0.1) is 0 Å². The first kappa shape index (κ1) is 17.2. The first-order chi connectivity index (χ1) is 13.1. The molecule has 4 aromatic rings. The first-order valence-electron chi connectivity index (χ1n) is 8.92. The van der Waals surface area contributed by atoms with Crippen LogP contribution in [0.25, 0.3) is 21.7 Å². The third kappa shape index (κ3) is 3.39. The molecule has 0 aliphatic carbocycles. The van der Waals surface area contributed by atoms with Crippen molar-refractivity contribution >= 4 is 21.7 Å². The third-order valence-electron chi connectivity index (χ3n) is 4.84. The minimum absolute atomic E-state index is 0.0952. The van der Waals surface area contributed by atoms with Crippen molar-refractivity contribution in [3.63, 3.8) is 0 Å². The predicted octanol–water partition coefficient (Wildman–Crippen LogP) is 2.59. The Kier molecular flexibility index (Phi) is 4.56. The van der Waals surface area contributed by atoms with Gasteiger partial charge in [-0.3, -0.25) is 14.3 Å². The van der Waals surface area contributed by atoms with Gasteiger partial charge in [-0.25, -0.2) is 4.79 Å². The van der Waals surface area contributed by atoms with E-state index in [1.807, 2.05) is 18.3 Å². The van der Waals surface area contributed by atoms with E-state index in [1.165, 1.54) is 4.57 Å². The number of pyridine rings is 1. The van der Waals surface area contributed by atoms with E-state index in [2.05, 4.69) is 34.3 Å². The Labute approximate surface area is 155 Å². The lowest BCUT2D eigenvalue weighted by molar-refractivity contribution is 0.516. The summed E-state index contributed by atoms with van der Waals surface area (Å²) in [7, 11) is 0. The normalized spacial score (nSPS) is 12.5. The molecule has 2 N–H and O–H groups in total. The maximum Gasteiger partial charge on any atom is 0.328 e. The maximum atomic E-state index is 12.6. The standard InChI is InChI=1S/C21H20N4O2/c1-14(15-6-7-17-13-22-9-8-16(17)12-15)23-10-11-25-20(26)18-4-2-3-5-19(18)24-21(25)27/h2-9,12-14,23H,10-11H2,1H3,(H,24,27). The number of para-hydroxylation sites is 1. The van der Waals surface area contributed by atoms with Crippen LogP contribution in [0.4, 0.5) is 0 Å². The zero-order valence-corrected chi connectivity index (χ0v) is 15.0. The van der Waals surface area contributed by atoms with E-state index in [9.17, 15) is 9.59 Å². The highest BCUT2D eigenvalue weighted by atomic mass is 16.2. The number of aromatic amines is 1. The highest BCUT2D eigenvalue weighted by Crippen LogP contribution is 2.19. The Morgan fingerprint density at radius 2 is 1.96 bits per heavy atom. The second kappa shape index (κ2) is 7.17. The number of rotatable bonds is 5. The van der Waals surface area contributed by atoms with Gasteiger partial charge in [-0.2, -0.15) is 0 Å². The Hall–Kier alpha value is -3.25. The summed E-state index contributed by atoms with van der Waals surface area (Å²) in [6, 6.07) is 15.4. The fraction of sp³-hybridized carbons (Fsp3) is 0.190. The molecule has 0 aliphatic heterocycles. The van der Waals surface area contributed by atoms with E-state index in [0.29, 0.717) is 24.0 Å². The van der Waals surface area contributed by atoms with Crippen molar-refractivity contribution in [3.05, 3.63) is 87.3 Å². The molecule has 0 saturated heterocycles. The molecule has 0 fully saturated rings. The number of nitrogens with zero attached hydrogens (tertiary/aromatic N) is 2. The molecule has 6 nitrogen and oxygen atoms in total. The largest absolute Gasteiger partial charge is 0.328 e. The molecule has 1 unspecified atom stereocenters. The molecule has 2 heterocycles. The van der Waals surface area contributed by atoms with Crippen LogP contribution in [-0.4, -0.2) is 21.1 Å². The van der Waals surface area contributed by atoms with E-state index in [0.717, 1.165) is 16.3 Å². The van der Waals surface area contributed by atoms with Crippen LogP contribution in [0.2, 0.25) is 0 Å². The Balaban J connectivity index is 1.50. The van der Waals surface area contributed by atoms with Gasteiger partial charge in [0.25, 0.3) is 5.56 Å². The first-order valence-corrected chi connectivity index (χ1v) is 8.92. The van der Waals surface area contributed by atoms with Gasteiger partial charge in [0.1, 0.15) is 0 Å². The van der Waals surface area contributed by atoms with Crippen LogP contribution >= 0.6 is 0 Å². The van der Waals surface area contributed by atoms with Gasteiger partial charge in [-0.1, -0.05) is 24.3 Å². The van der Waals surface area contributed by atoms with Crippen molar-refractivity contribution < 1.29 is 0 Å². The maximum absolute atomic E-state index is 12.6. The molecule has 2 aromatic heterocycles. The highest BCUT2D eigenvalue weighted by Gasteiger charge is 2.09. The molecule has 0 spiro atoms. The summed E-state index contributed by atoms with van der Waals surface area (Å²) in [4.78, 5) is 31.7. The van der Waals surface area contributed by atoms with Crippen molar-refractivity contribution in [3.8, 4) is 0 Å². The van der Waals surface area contributed by atoms with Gasteiger partial charge >= 0.3 is 5.69 Å². The number of H-pyrrole nitrogens is 1. The summed E-state index contributed by atoms with van der Waals surface area (Å²) in [5.41, 5.74) is 1.07. The molecule has 0 saturated carbocycles. The van der Waals surface area contributed by atoms with Crippen molar-refractivity contribution in [2.75, 3.05) is 6.54 Å². The Morgan fingerprint density at radius 3 is 2.85 bits per heavy atom. The average Bonchev–Trinajstić information content (AvgIpc) is 2.70. The number of benzene rings is 2. The number of hydrogen-bond acceptors (Lipinski definition) is 4. The van der Waals surface area contributed by atoms with Crippen LogP contribution in [0, 0.1) is 0 Å². The molecule has 6 heteroatoms. The van der Waals surface area contributed by atoms with E-state index in [-0.39, 0.29) is 17.3 Å². The van der Waals surface area contributed by atoms with E-state index in [4.69, 9.17) is 0 Å². The topological polar surface area (TPSA) is 79.8 Å². The molecule has 1 atom stereocenters. The summed E-state index contributed by atoms with van der Waals surface area (Å²) in [6.45, 7) is 2.88. The van der Waals surface area contributed by atoms with Crippen LogP contribution in [0.3, 0.4) is 0 Å². The monoisotopic (exact) mass is 360 g/mol. The van der Waals surface area contributed by atoms with Gasteiger partial charge in [0, 0.05) is 36.9 Å². The van der Waals surface area contributed by atoms with Crippen LogP contribution in [0.1, 0.15) is 18.5 Å². The number of nitrogens with one attached hydrogen (secondary N) is 2. The average molecular weight is 360 g/mol. The van der Waals surface area contributed by atoms with E-state index >= 15 is 0 Å². The van der Waals surface area contributed by atoms with Crippen LogP contribution < -0.4 is 16.6 Å². The summed E-state index contributed by atoms with van der Waals surface area (Å²) < 4.78 is 1.24. The summed E-state index contributed by atoms with van der Waals surface area (Å²) in [5.74, 6) is 0. The molecule has 0 amide bonds. The third-order valence-corrected chi connectivity index (χ3v) is 4.84. The van der Waals surface area contributed by atoms with Gasteiger partial charge in [0.05, 0.1) is 10.9 Å².